The summed E-state index contributed by atoms with van der Waals surface area (Å²) in [5.41, 5.74) is 0.360. The van der Waals surface area contributed by atoms with Gasteiger partial charge in [0.05, 0.1) is 6.61 Å². The Bertz CT molecular complexity index is 346. The van der Waals surface area contributed by atoms with Crippen molar-refractivity contribution in [3.63, 3.8) is 0 Å². The molecular weight excluding hydrogens is 235 g/mol. The van der Waals surface area contributed by atoms with Crippen molar-refractivity contribution in [2.24, 2.45) is 0 Å². The Labute approximate surface area is 99.4 Å². The van der Waals surface area contributed by atoms with Crippen LogP contribution in [0.15, 0.2) is 6.07 Å². The first-order chi connectivity index (χ1) is 7.03. The monoisotopic (exact) mass is 248 g/mol. The Morgan fingerprint density at radius 3 is 2.60 bits per heavy atom. The van der Waals surface area contributed by atoms with Crippen LogP contribution in [0, 0.1) is 0 Å². The lowest BCUT2D eigenvalue weighted by molar-refractivity contribution is 0.195. The fourth-order valence-electron chi connectivity index (χ4n) is 1.63. The summed E-state index contributed by atoms with van der Waals surface area (Å²) < 4.78 is 0. The first kappa shape index (κ1) is 12.7. The third-order valence-electron chi connectivity index (χ3n) is 2.52. The molecule has 0 amide bonds. The summed E-state index contributed by atoms with van der Waals surface area (Å²) in [7, 11) is 0. The van der Waals surface area contributed by atoms with Gasteiger partial charge >= 0.3 is 0 Å². The van der Waals surface area contributed by atoms with Crippen LogP contribution in [0.1, 0.15) is 32.3 Å². The topological polar surface area (TPSA) is 46.0 Å². The van der Waals surface area contributed by atoms with Crippen molar-refractivity contribution in [1.82, 2.24) is 10.2 Å². The van der Waals surface area contributed by atoms with Gasteiger partial charge in [-0.25, -0.2) is 0 Å². The summed E-state index contributed by atoms with van der Waals surface area (Å²) >= 11 is 11.7. The largest absolute Gasteiger partial charge is 0.395 e. The van der Waals surface area contributed by atoms with E-state index in [4.69, 9.17) is 23.2 Å². The van der Waals surface area contributed by atoms with Crippen molar-refractivity contribution >= 4 is 23.2 Å². The fourth-order valence-corrected chi connectivity index (χ4v) is 2.09. The van der Waals surface area contributed by atoms with Crippen molar-refractivity contribution in [1.29, 1.82) is 0 Å². The van der Waals surface area contributed by atoms with Crippen molar-refractivity contribution in [2.45, 2.75) is 32.1 Å². The number of nitrogens with zero attached hydrogens (tertiary/aromatic N) is 2. The van der Waals surface area contributed by atoms with E-state index >= 15 is 0 Å². The lowest BCUT2D eigenvalue weighted by Crippen LogP contribution is -2.27. The van der Waals surface area contributed by atoms with E-state index in [0.29, 0.717) is 10.3 Å². The number of aliphatic hydroxyl groups is 1. The van der Waals surface area contributed by atoms with Crippen LogP contribution >= 0.6 is 23.2 Å². The van der Waals surface area contributed by atoms with Crippen molar-refractivity contribution < 1.29 is 5.11 Å². The second kappa shape index (κ2) is 5.10. The van der Waals surface area contributed by atoms with Crippen molar-refractivity contribution in [3.8, 4) is 0 Å². The zero-order chi connectivity index (χ0) is 11.5. The van der Waals surface area contributed by atoms with Gasteiger partial charge in [0.1, 0.15) is 0 Å². The highest BCUT2D eigenvalue weighted by Gasteiger charge is 2.28. The van der Waals surface area contributed by atoms with E-state index in [2.05, 4.69) is 17.1 Å². The Hall–Kier alpha value is -0.380. The van der Waals surface area contributed by atoms with Gasteiger partial charge in [-0.05, 0) is 12.5 Å². The molecule has 0 spiro atoms. The number of halogens is 2. The van der Waals surface area contributed by atoms with Gasteiger partial charge in [0.15, 0.2) is 10.3 Å². The van der Waals surface area contributed by atoms with Crippen LogP contribution in [0.25, 0.3) is 0 Å². The first-order valence-electron chi connectivity index (χ1n) is 4.83. The lowest BCUT2D eigenvalue weighted by atomic mass is 9.80. The molecule has 1 heterocycles. The van der Waals surface area contributed by atoms with Crippen molar-refractivity contribution in [3.05, 3.63) is 21.9 Å². The van der Waals surface area contributed by atoms with Crippen LogP contribution in [0.2, 0.25) is 10.3 Å². The van der Waals surface area contributed by atoms with Crippen LogP contribution in [-0.4, -0.2) is 21.9 Å². The highest BCUT2D eigenvalue weighted by molar-refractivity contribution is 6.31. The molecule has 5 heteroatoms. The summed E-state index contributed by atoms with van der Waals surface area (Å²) in [4.78, 5) is 0. The Balaban J connectivity index is 3.16. The summed E-state index contributed by atoms with van der Waals surface area (Å²) in [5.74, 6) is 0. The summed E-state index contributed by atoms with van der Waals surface area (Å²) in [6.07, 6.45) is 1.78. The smallest absolute Gasteiger partial charge is 0.155 e. The third kappa shape index (κ3) is 2.80. The second-order valence-electron chi connectivity index (χ2n) is 3.84. The van der Waals surface area contributed by atoms with E-state index in [1.807, 2.05) is 6.92 Å². The molecule has 1 atom stereocenters. The SMILES string of the molecule is CCCC(C)(CO)c1cc(Cl)nnc1Cl. The van der Waals surface area contributed by atoms with E-state index in [1.54, 1.807) is 6.07 Å². The Morgan fingerprint density at radius 2 is 2.07 bits per heavy atom. The molecule has 0 bridgehead atoms. The molecular formula is C10H14Cl2N2O. The van der Waals surface area contributed by atoms with Crippen LogP contribution in [0.5, 0.6) is 0 Å². The molecule has 0 fully saturated rings. The summed E-state index contributed by atoms with van der Waals surface area (Å²) in [5, 5.41) is 17.4. The molecule has 0 aliphatic heterocycles. The molecule has 3 nitrogen and oxygen atoms in total. The fraction of sp³-hybridized carbons (Fsp3) is 0.600. The minimum Gasteiger partial charge on any atom is -0.395 e. The van der Waals surface area contributed by atoms with Gasteiger partial charge in [-0.15, -0.1) is 10.2 Å². The van der Waals surface area contributed by atoms with Gasteiger partial charge < -0.3 is 5.11 Å². The standard InChI is InChI=1S/C10H14Cl2N2O/c1-3-4-10(2,6-15)7-5-8(11)13-14-9(7)12/h5,15H,3-4,6H2,1-2H3. The molecule has 1 aromatic heterocycles. The molecule has 0 saturated heterocycles. The van der Waals surface area contributed by atoms with E-state index in [1.165, 1.54) is 0 Å². The maximum absolute atomic E-state index is 9.44. The van der Waals surface area contributed by atoms with Gasteiger partial charge in [-0.1, -0.05) is 43.5 Å². The van der Waals surface area contributed by atoms with Crippen LogP contribution in [0.3, 0.4) is 0 Å². The average molecular weight is 249 g/mol. The minimum atomic E-state index is -0.397. The minimum absolute atomic E-state index is 0.0165. The number of hydrogen-bond donors (Lipinski definition) is 1. The zero-order valence-corrected chi connectivity index (χ0v) is 10.3. The molecule has 1 rings (SSSR count). The first-order valence-corrected chi connectivity index (χ1v) is 5.59. The predicted molar refractivity (Wildman–Crippen MR) is 61.4 cm³/mol. The van der Waals surface area contributed by atoms with E-state index in [-0.39, 0.29) is 6.61 Å². The molecule has 1 aromatic rings. The molecule has 84 valence electrons. The zero-order valence-electron chi connectivity index (χ0n) is 8.80. The van der Waals surface area contributed by atoms with E-state index in [9.17, 15) is 5.11 Å². The molecule has 0 aliphatic rings. The summed E-state index contributed by atoms with van der Waals surface area (Å²) in [6, 6.07) is 1.67. The number of aromatic nitrogens is 2. The quantitative estimate of drug-likeness (QED) is 0.892. The van der Waals surface area contributed by atoms with Gasteiger partial charge in [0, 0.05) is 11.0 Å². The van der Waals surface area contributed by atoms with Gasteiger partial charge in [-0.3, -0.25) is 0 Å². The average Bonchev–Trinajstić information content (AvgIpc) is 2.22. The number of rotatable bonds is 4. The number of aliphatic hydroxyl groups excluding tert-OH is 1. The second-order valence-corrected chi connectivity index (χ2v) is 4.59. The number of hydrogen-bond acceptors (Lipinski definition) is 3. The molecule has 1 unspecified atom stereocenters. The van der Waals surface area contributed by atoms with Gasteiger partial charge in [-0.2, -0.15) is 0 Å². The maximum Gasteiger partial charge on any atom is 0.155 e. The van der Waals surface area contributed by atoms with Crippen LogP contribution in [0.4, 0.5) is 0 Å². The van der Waals surface area contributed by atoms with Crippen LogP contribution < -0.4 is 0 Å². The molecule has 0 saturated carbocycles. The highest BCUT2D eigenvalue weighted by atomic mass is 35.5. The Kier molecular flexibility index (Phi) is 4.32. The molecule has 0 aliphatic carbocycles. The molecule has 1 N–H and O–H groups in total. The van der Waals surface area contributed by atoms with Gasteiger partial charge in [0.25, 0.3) is 0 Å². The predicted octanol–water partition coefficient (Wildman–Crippen LogP) is 2.83. The van der Waals surface area contributed by atoms with E-state index in [0.717, 1.165) is 18.4 Å². The van der Waals surface area contributed by atoms with Crippen molar-refractivity contribution in [2.75, 3.05) is 6.61 Å². The van der Waals surface area contributed by atoms with E-state index < -0.39 is 5.41 Å². The maximum atomic E-state index is 9.44. The van der Waals surface area contributed by atoms with Gasteiger partial charge in [0.2, 0.25) is 0 Å². The summed E-state index contributed by atoms with van der Waals surface area (Å²) in [6.45, 7) is 4.01. The van der Waals surface area contributed by atoms with Crippen LogP contribution in [-0.2, 0) is 5.41 Å². The third-order valence-corrected chi connectivity index (χ3v) is 2.98. The Morgan fingerprint density at radius 1 is 1.40 bits per heavy atom. The normalized spacial score (nSPS) is 15.0. The molecule has 0 radical (unpaired) electrons. The lowest BCUT2D eigenvalue weighted by Gasteiger charge is -2.27. The molecule has 15 heavy (non-hydrogen) atoms. The highest BCUT2D eigenvalue weighted by Crippen LogP contribution is 2.33. The molecule has 0 aromatic carbocycles.